The topological polar surface area (TPSA) is 87.1 Å². The third-order valence-electron chi connectivity index (χ3n) is 0.840. The van der Waals surface area contributed by atoms with Crippen LogP contribution in [-0.2, 0) is 14.6 Å². The van der Waals surface area contributed by atoms with Crippen LogP contribution in [0.4, 0.5) is 0 Å². The summed E-state index contributed by atoms with van der Waals surface area (Å²) < 4.78 is 29.7. The van der Waals surface area contributed by atoms with Gasteiger partial charge >= 0.3 is 10.4 Å². The first-order chi connectivity index (χ1) is 5.69. The summed E-state index contributed by atoms with van der Waals surface area (Å²) in [6.07, 6.45) is -0.199. The molecule has 0 aromatic rings. The first-order valence-corrected chi connectivity index (χ1v) is 4.91. The van der Waals surface area contributed by atoms with Gasteiger partial charge in [-0.1, -0.05) is 0 Å². The number of aliphatic hydroxyl groups is 1. The van der Waals surface area contributed by atoms with Crippen LogP contribution in [0.2, 0.25) is 0 Å². The molecule has 0 rings (SSSR count). The van der Waals surface area contributed by atoms with E-state index in [2.05, 4.69) is 4.18 Å². The largest absolute Gasteiger partial charge is 0.397 e. The van der Waals surface area contributed by atoms with E-state index in [-0.39, 0.29) is 6.10 Å². The van der Waals surface area contributed by atoms with Crippen LogP contribution in [0.1, 0.15) is 6.92 Å². The molecule has 1 atom stereocenters. The van der Waals surface area contributed by atoms with Gasteiger partial charge in [0.15, 0.2) is 0 Å². The van der Waals surface area contributed by atoms with E-state index in [1.54, 1.807) is 6.92 Å². The summed E-state index contributed by atoms with van der Waals surface area (Å²) >= 11 is 0. The van der Waals surface area contributed by atoms with Crippen molar-refractivity contribution in [2.45, 2.75) is 13.0 Å². The molecule has 13 heavy (non-hydrogen) atoms. The van der Waals surface area contributed by atoms with Crippen LogP contribution in [0.3, 0.4) is 0 Å². The highest BCUT2D eigenvalue weighted by Gasteiger charge is 1.94. The van der Waals surface area contributed by atoms with E-state index in [1.165, 1.54) is 0 Å². The minimum atomic E-state index is -4.16. The van der Waals surface area contributed by atoms with Gasteiger partial charge in [0, 0.05) is 6.54 Å². The maximum atomic E-state index is 9.33. The molecule has 6 nitrogen and oxygen atoms in total. The minimum Gasteiger partial charge on any atom is -0.392 e. The van der Waals surface area contributed by atoms with Gasteiger partial charge in [-0.05, 0) is 21.0 Å². The van der Waals surface area contributed by atoms with E-state index in [9.17, 15) is 8.42 Å². The molecule has 0 radical (unpaired) electrons. The molecule has 1 unspecified atom stereocenters. The fourth-order valence-corrected chi connectivity index (χ4v) is 0.528. The average Bonchev–Trinajstić information content (AvgIpc) is 1.84. The lowest BCUT2D eigenvalue weighted by Crippen LogP contribution is -2.22. The Bertz CT molecular complexity index is 193. The smallest absolute Gasteiger partial charge is 0.392 e. The highest BCUT2D eigenvalue weighted by Crippen LogP contribution is 1.80. The lowest BCUT2D eigenvalue weighted by molar-refractivity contribution is 0.154. The second kappa shape index (κ2) is 7.22. The van der Waals surface area contributed by atoms with Gasteiger partial charge < -0.3 is 10.0 Å². The minimum absolute atomic E-state index is 0.199. The molecule has 0 fully saturated rings. The summed E-state index contributed by atoms with van der Waals surface area (Å²) in [6, 6.07) is 0. The van der Waals surface area contributed by atoms with E-state index in [1.807, 2.05) is 19.0 Å². The molecular weight excluding hydrogens is 198 g/mol. The summed E-state index contributed by atoms with van der Waals surface area (Å²) in [5, 5.41) is 8.68. The van der Waals surface area contributed by atoms with Crippen molar-refractivity contribution < 1.29 is 22.3 Å². The Morgan fingerprint density at radius 2 is 1.77 bits per heavy atom. The predicted molar refractivity (Wildman–Crippen MR) is 48.8 cm³/mol. The predicted octanol–water partition coefficient (Wildman–Crippen LogP) is -0.636. The summed E-state index contributed by atoms with van der Waals surface area (Å²) in [6.45, 7) is 2.53. The molecule has 0 bridgehead atoms. The second-order valence-electron chi connectivity index (χ2n) is 2.71. The summed E-state index contributed by atoms with van der Waals surface area (Å²) in [5.41, 5.74) is 0. The van der Waals surface area contributed by atoms with Crippen LogP contribution in [0.15, 0.2) is 0 Å². The van der Waals surface area contributed by atoms with Crippen LogP contribution in [0, 0.1) is 0 Å². The highest BCUT2D eigenvalue weighted by atomic mass is 32.3. The maximum absolute atomic E-state index is 9.33. The lowest BCUT2D eigenvalue weighted by atomic mass is 10.4. The number of hydrogen-bond donors (Lipinski definition) is 2. The van der Waals surface area contributed by atoms with Crippen molar-refractivity contribution in [3.05, 3.63) is 0 Å². The van der Waals surface area contributed by atoms with E-state index < -0.39 is 10.4 Å². The molecule has 0 heterocycles. The van der Waals surface area contributed by atoms with E-state index in [4.69, 9.17) is 9.66 Å². The molecule has 0 aromatic carbocycles. The Morgan fingerprint density at radius 3 is 1.77 bits per heavy atom. The molecule has 0 amide bonds. The molecule has 0 saturated heterocycles. The zero-order chi connectivity index (χ0) is 11.1. The van der Waals surface area contributed by atoms with Crippen LogP contribution in [-0.4, -0.2) is 56.8 Å². The fourth-order valence-electron chi connectivity index (χ4n) is 0.528. The Balaban J connectivity index is 0. The monoisotopic (exact) mass is 215 g/mol. The Kier molecular flexibility index (Phi) is 8.48. The van der Waals surface area contributed by atoms with Crippen molar-refractivity contribution in [3.63, 3.8) is 0 Å². The average molecular weight is 215 g/mol. The Labute approximate surface area is 79.1 Å². The fraction of sp³-hybridized carbons (Fsp3) is 1.00. The van der Waals surface area contributed by atoms with Gasteiger partial charge in [0.2, 0.25) is 0 Å². The summed E-state index contributed by atoms with van der Waals surface area (Å²) in [4.78, 5) is 1.95. The number of rotatable bonds is 3. The van der Waals surface area contributed by atoms with Crippen molar-refractivity contribution in [3.8, 4) is 0 Å². The van der Waals surface area contributed by atoms with Gasteiger partial charge in [0.1, 0.15) is 0 Å². The molecule has 0 aliphatic heterocycles. The molecular formula is C6H17NO5S. The standard InChI is InChI=1S/C5H13NO.CH4O4S/c1-5(7)4-6(2)3;1-5-6(2,3)4/h5,7H,4H2,1-3H3;1H3,(H,2,3,4). The van der Waals surface area contributed by atoms with E-state index >= 15 is 0 Å². The van der Waals surface area contributed by atoms with Gasteiger partial charge in [-0.2, -0.15) is 8.42 Å². The summed E-state index contributed by atoms with van der Waals surface area (Å²) in [5.74, 6) is 0. The van der Waals surface area contributed by atoms with Crippen molar-refractivity contribution in [2.24, 2.45) is 0 Å². The van der Waals surface area contributed by atoms with Crippen molar-refractivity contribution >= 4 is 10.4 Å². The zero-order valence-corrected chi connectivity index (χ0v) is 9.08. The van der Waals surface area contributed by atoms with Gasteiger partial charge in [-0.15, -0.1) is 0 Å². The zero-order valence-electron chi connectivity index (χ0n) is 8.26. The highest BCUT2D eigenvalue weighted by molar-refractivity contribution is 7.80. The molecule has 7 heteroatoms. The molecule has 0 aliphatic rings. The summed E-state index contributed by atoms with van der Waals surface area (Å²) in [7, 11) is 0.583. The molecule has 0 spiro atoms. The molecule has 0 saturated carbocycles. The maximum Gasteiger partial charge on any atom is 0.397 e. The normalized spacial score (nSPS) is 13.5. The van der Waals surface area contributed by atoms with Gasteiger partial charge in [-0.3, -0.25) is 8.74 Å². The van der Waals surface area contributed by atoms with Crippen LogP contribution in [0.5, 0.6) is 0 Å². The number of nitrogens with zero attached hydrogens (tertiary/aromatic N) is 1. The quantitative estimate of drug-likeness (QED) is 0.609. The van der Waals surface area contributed by atoms with E-state index in [0.29, 0.717) is 0 Å². The first kappa shape index (κ1) is 15.3. The van der Waals surface area contributed by atoms with E-state index in [0.717, 1.165) is 13.7 Å². The third kappa shape index (κ3) is 24.5. The SMILES string of the molecule is CC(O)CN(C)C.COS(=O)(=O)O. The van der Waals surface area contributed by atoms with Crippen molar-refractivity contribution in [1.82, 2.24) is 4.90 Å². The van der Waals surface area contributed by atoms with Crippen LogP contribution >= 0.6 is 0 Å². The third-order valence-corrected chi connectivity index (χ3v) is 1.26. The van der Waals surface area contributed by atoms with Crippen LogP contribution in [0.25, 0.3) is 0 Å². The Hall–Kier alpha value is -0.210. The van der Waals surface area contributed by atoms with Gasteiger partial charge in [-0.25, -0.2) is 0 Å². The molecule has 0 aromatic heterocycles. The number of hydrogen-bond acceptors (Lipinski definition) is 5. The van der Waals surface area contributed by atoms with Crippen LogP contribution < -0.4 is 0 Å². The van der Waals surface area contributed by atoms with Crippen molar-refractivity contribution in [2.75, 3.05) is 27.7 Å². The number of aliphatic hydroxyl groups excluding tert-OH is 1. The molecule has 0 aliphatic carbocycles. The van der Waals surface area contributed by atoms with Crippen molar-refractivity contribution in [1.29, 1.82) is 0 Å². The number of likely N-dealkylation sites (N-methyl/N-ethyl adjacent to an activating group) is 1. The first-order valence-electron chi connectivity index (χ1n) is 3.55. The van der Waals surface area contributed by atoms with Gasteiger partial charge in [0.05, 0.1) is 13.2 Å². The molecule has 82 valence electrons. The lowest BCUT2D eigenvalue weighted by Gasteiger charge is -2.10. The Morgan fingerprint density at radius 1 is 1.46 bits per heavy atom. The molecule has 2 N–H and O–H groups in total. The second-order valence-corrected chi connectivity index (χ2v) is 3.89. The van der Waals surface area contributed by atoms with Gasteiger partial charge in [0.25, 0.3) is 0 Å².